The number of allylic oxidation sites excluding steroid dienone is 3. The maximum Gasteiger partial charge on any atom is 0.273 e. The third-order valence-corrected chi connectivity index (χ3v) is 4.75. The molecule has 3 N–H and O–H groups in total. The second kappa shape index (κ2) is 7.07. The van der Waals surface area contributed by atoms with E-state index >= 15 is 0 Å². The summed E-state index contributed by atoms with van der Waals surface area (Å²) in [5.74, 6) is -0.214. The van der Waals surface area contributed by atoms with Crippen molar-refractivity contribution in [3.05, 3.63) is 77.3 Å². The van der Waals surface area contributed by atoms with Crippen LogP contribution in [0.15, 0.2) is 66.0 Å². The van der Waals surface area contributed by atoms with E-state index in [9.17, 15) is 4.79 Å². The monoisotopic (exact) mass is 359 g/mol. The molecule has 6 heteroatoms. The molecule has 2 heterocycles. The van der Waals surface area contributed by atoms with Crippen LogP contribution in [0.5, 0.6) is 0 Å². The van der Waals surface area contributed by atoms with Gasteiger partial charge in [0, 0.05) is 31.9 Å². The molecule has 27 heavy (non-hydrogen) atoms. The molecule has 0 bridgehead atoms. The van der Waals surface area contributed by atoms with Crippen molar-refractivity contribution in [2.75, 3.05) is 19.3 Å². The van der Waals surface area contributed by atoms with Crippen molar-refractivity contribution in [1.29, 1.82) is 0 Å². The second-order valence-electron chi connectivity index (χ2n) is 6.65. The van der Waals surface area contributed by atoms with E-state index in [-0.39, 0.29) is 17.4 Å². The first-order valence-electron chi connectivity index (χ1n) is 8.89. The molecule has 1 aliphatic heterocycles. The maximum atomic E-state index is 11.9. The van der Waals surface area contributed by atoms with Gasteiger partial charge in [-0.15, -0.1) is 0 Å². The van der Waals surface area contributed by atoms with E-state index in [4.69, 9.17) is 5.73 Å². The summed E-state index contributed by atoms with van der Waals surface area (Å²) in [5.41, 5.74) is 11.4. The summed E-state index contributed by atoms with van der Waals surface area (Å²) in [6.45, 7) is 1.76. The molecule has 2 aromatic rings. The van der Waals surface area contributed by atoms with E-state index in [1.165, 1.54) is 16.7 Å². The van der Waals surface area contributed by atoms with Crippen LogP contribution in [0.3, 0.4) is 0 Å². The molecular formula is C21H21N5O. The molecule has 0 fully saturated rings. The molecule has 1 amide bonds. The third-order valence-electron chi connectivity index (χ3n) is 4.75. The molecule has 1 aromatic carbocycles. The average Bonchev–Trinajstić information content (AvgIpc) is 3.10. The number of fused-ring (bicyclic) bond motifs is 1. The molecule has 0 radical (unpaired) electrons. The fraction of sp³-hybridized carbons (Fsp3) is 0.190. The molecule has 1 aromatic heterocycles. The normalized spacial score (nSPS) is 15.2. The Morgan fingerprint density at radius 2 is 2.22 bits per heavy atom. The van der Waals surface area contributed by atoms with Gasteiger partial charge in [-0.2, -0.15) is 0 Å². The first-order valence-corrected chi connectivity index (χ1v) is 8.89. The van der Waals surface area contributed by atoms with Crippen molar-refractivity contribution in [2.24, 2.45) is 0 Å². The minimum atomic E-state index is -0.341. The smallest absolute Gasteiger partial charge is 0.273 e. The SMILES string of the molecule is CNC(=O)c1nc(-c2cccc(CN3C=C4CC=CC=C4C3)c2)cnc1N. The van der Waals surface area contributed by atoms with Crippen LogP contribution in [0, 0.1) is 0 Å². The number of hydrogen-bond acceptors (Lipinski definition) is 5. The lowest BCUT2D eigenvalue weighted by molar-refractivity contribution is 0.0959. The molecule has 0 atom stereocenters. The number of carbonyl (C=O) groups is 1. The number of amides is 1. The predicted octanol–water partition coefficient (Wildman–Crippen LogP) is 2.67. The van der Waals surface area contributed by atoms with Crippen molar-refractivity contribution in [2.45, 2.75) is 13.0 Å². The highest BCUT2D eigenvalue weighted by Crippen LogP contribution is 2.28. The molecule has 0 saturated carbocycles. The molecule has 0 unspecified atom stereocenters. The summed E-state index contributed by atoms with van der Waals surface area (Å²) in [4.78, 5) is 22.8. The van der Waals surface area contributed by atoms with Gasteiger partial charge in [0.05, 0.1) is 11.9 Å². The predicted molar refractivity (Wildman–Crippen MR) is 106 cm³/mol. The van der Waals surface area contributed by atoms with Gasteiger partial charge >= 0.3 is 0 Å². The van der Waals surface area contributed by atoms with Gasteiger partial charge in [-0.05, 0) is 29.2 Å². The highest BCUT2D eigenvalue weighted by Gasteiger charge is 2.18. The Kier molecular flexibility index (Phi) is 4.46. The van der Waals surface area contributed by atoms with Crippen molar-refractivity contribution >= 4 is 11.7 Å². The van der Waals surface area contributed by atoms with E-state index in [1.54, 1.807) is 13.2 Å². The zero-order valence-electron chi connectivity index (χ0n) is 15.1. The second-order valence-corrected chi connectivity index (χ2v) is 6.65. The number of rotatable bonds is 4. The summed E-state index contributed by atoms with van der Waals surface area (Å²) in [7, 11) is 1.55. The Bertz CT molecular complexity index is 990. The molecule has 4 rings (SSSR count). The molecule has 136 valence electrons. The molecule has 2 aliphatic rings. The van der Waals surface area contributed by atoms with Crippen LogP contribution < -0.4 is 11.1 Å². The van der Waals surface area contributed by atoms with Crippen LogP contribution in [0.4, 0.5) is 5.82 Å². The maximum absolute atomic E-state index is 11.9. The van der Waals surface area contributed by atoms with Crippen LogP contribution in [0.25, 0.3) is 11.3 Å². The number of nitrogens with one attached hydrogen (secondary N) is 1. The highest BCUT2D eigenvalue weighted by molar-refractivity contribution is 5.96. The van der Waals surface area contributed by atoms with Gasteiger partial charge in [0.15, 0.2) is 11.5 Å². The Hall–Kier alpha value is -3.41. The highest BCUT2D eigenvalue weighted by atomic mass is 16.1. The molecule has 1 aliphatic carbocycles. The van der Waals surface area contributed by atoms with E-state index in [0.29, 0.717) is 5.69 Å². The first-order chi connectivity index (χ1) is 13.1. The summed E-state index contributed by atoms with van der Waals surface area (Å²) in [6.07, 6.45) is 11.4. The molecule has 6 nitrogen and oxygen atoms in total. The standard InChI is InChI=1S/C21H21N5O/c1-23-21(27)19-20(22)24-10-18(25-19)15-8-4-5-14(9-15)11-26-12-16-6-2-3-7-17(16)13-26/h2-6,8-10,13H,7,11-12H2,1H3,(H2,22,24)(H,23,27). The number of carbonyl (C=O) groups excluding carboxylic acids is 1. The number of nitrogens with zero attached hydrogens (tertiary/aromatic N) is 3. The van der Waals surface area contributed by atoms with Crippen LogP contribution >= 0.6 is 0 Å². The number of anilines is 1. The zero-order chi connectivity index (χ0) is 18.8. The topological polar surface area (TPSA) is 84.1 Å². The quantitative estimate of drug-likeness (QED) is 0.877. The van der Waals surface area contributed by atoms with Gasteiger partial charge in [-0.3, -0.25) is 4.79 Å². The van der Waals surface area contributed by atoms with Gasteiger partial charge in [0.1, 0.15) is 0 Å². The number of nitrogen functional groups attached to an aromatic ring is 1. The summed E-state index contributed by atoms with van der Waals surface area (Å²) in [5, 5.41) is 2.54. The average molecular weight is 359 g/mol. The Morgan fingerprint density at radius 1 is 1.33 bits per heavy atom. The molecule has 0 saturated heterocycles. The first kappa shape index (κ1) is 17.0. The van der Waals surface area contributed by atoms with Crippen LogP contribution in [-0.2, 0) is 6.54 Å². The number of nitrogens with two attached hydrogens (primary N) is 1. The van der Waals surface area contributed by atoms with Crippen LogP contribution in [0.2, 0.25) is 0 Å². The van der Waals surface area contributed by atoms with Crippen LogP contribution in [-0.4, -0.2) is 34.4 Å². The summed E-state index contributed by atoms with van der Waals surface area (Å²) in [6, 6.07) is 8.15. The Morgan fingerprint density at radius 3 is 3.04 bits per heavy atom. The lowest BCUT2D eigenvalue weighted by atomic mass is 10.0. The van der Waals surface area contributed by atoms with Gasteiger partial charge < -0.3 is 16.0 Å². The van der Waals surface area contributed by atoms with E-state index in [1.807, 2.05) is 12.1 Å². The van der Waals surface area contributed by atoms with Crippen molar-refractivity contribution < 1.29 is 4.79 Å². The van der Waals surface area contributed by atoms with E-state index < -0.39 is 0 Å². The lowest BCUT2D eigenvalue weighted by Gasteiger charge is -2.16. The van der Waals surface area contributed by atoms with Gasteiger partial charge in [-0.25, -0.2) is 9.97 Å². The Balaban J connectivity index is 1.57. The number of benzene rings is 1. The fourth-order valence-corrected chi connectivity index (χ4v) is 3.38. The zero-order valence-corrected chi connectivity index (χ0v) is 15.1. The molecular weight excluding hydrogens is 338 g/mol. The minimum Gasteiger partial charge on any atom is -0.382 e. The van der Waals surface area contributed by atoms with Gasteiger partial charge in [-0.1, -0.05) is 36.4 Å². The van der Waals surface area contributed by atoms with E-state index in [0.717, 1.165) is 25.1 Å². The largest absolute Gasteiger partial charge is 0.382 e. The van der Waals surface area contributed by atoms with Crippen molar-refractivity contribution in [1.82, 2.24) is 20.2 Å². The minimum absolute atomic E-state index is 0.127. The molecule has 0 spiro atoms. The van der Waals surface area contributed by atoms with Crippen molar-refractivity contribution in [3.8, 4) is 11.3 Å². The van der Waals surface area contributed by atoms with Crippen molar-refractivity contribution in [3.63, 3.8) is 0 Å². The van der Waals surface area contributed by atoms with E-state index in [2.05, 4.69) is 56.7 Å². The van der Waals surface area contributed by atoms with Gasteiger partial charge in [0.25, 0.3) is 5.91 Å². The fourth-order valence-electron chi connectivity index (χ4n) is 3.38. The third kappa shape index (κ3) is 3.46. The number of hydrogen-bond donors (Lipinski definition) is 2. The number of aromatic nitrogens is 2. The summed E-state index contributed by atoms with van der Waals surface area (Å²) >= 11 is 0. The Labute approximate surface area is 158 Å². The van der Waals surface area contributed by atoms with Crippen LogP contribution in [0.1, 0.15) is 22.5 Å². The summed E-state index contributed by atoms with van der Waals surface area (Å²) < 4.78 is 0. The van der Waals surface area contributed by atoms with Gasteiger partial charge in [0.2, 0.25) is 0 Å². The lowest BCUT2D eigenvalue weighted by Crippen LogP contribution is -2.21.